The third kappa shape index (κ3) is 7.15. The van der Waals surface area contributed by atoms with Crippen LogP contribution >= 0.6 is 11.6 Å². The lowest BCUT2D eigenvalue weighted by Crippen LogP contribution is -2.10. The van der Waals surface area contributed by atoms with Crippen molar-refractivity contribution in [2.45, 2.75) is 0 Å². The zero-order valence-corrected chi connectivity index (χ0v) is 8.21. The standard InChI is InChI=1S/C7H9N.C2H4ClNO/c1-8-7-5-3-2-4-6-7;3-1-2(4)5/h2-6,8H,1H3;1H2,(H2,4,5). The van der Waals surface area contributed by atoms with Gasteiger partial charge in [0, 0.05) is 12.7 Å². The molecule has 0 aliphatic heterocycles. The number of anilines is 1. The largest absolute Gasteiger partial charge is 0.388 e. The molecular formula is C9H13ClN2O. The number of primary amides is 1. The van der Waals surface area contributed by atoms with E-state index in [1.807, 2.05) is 37.4 Å². The molecule has 1 rings (SSSR count). The first-order chi connectivity index (χ1) is 6.20. The quantitative estimate of drug-likeness (QED) is 0.710. The van der Waals surface area contributed by atoms with Gasteiger partial charge in [-0.1, -0.05) is 18.2 Å². The van der Waals surface area contributed by atoms with Gasteiger partial charge in [0.25, 0.3) is 0 Å². The van der Waals surface area contributed by atoms with Crippen molar-refractivity contribution in [3.05, 3.63) is 30.3 Å². The van der Waals surface area contributed by atoms with Crippen LogP contribution in [0.1, 0.15) is 0 Å². The van der Waals surface area contributed by atoms with Gasteiger partial charge in [0.05, 0.1) is 0 Å². The Labute approximate surface area is 82.9 Å². The van der Waals surface area contributed by atoms with Gasteiger partial charge in [-0.15, -0.1) is 11.6 Å². The normalized spacial score (nSPS) is 8.15. The van der Waals surface area contributed by atoms with E-state index in [9.17, 15) is 4.79 Å². The number of hydrogen-bond acceptors (Lipinski definition) is 2. The van der Waals surface area contributed by atoms with Crippen LogP contribution in [0, 0.1) is 0 Å². The maximum absolute atomic E-state index is 9.46. The number of hydrogen-bond donors (Lipinski definition) is 2. The molecule has 0 aliphatic carbocycles. The second kappa shape index (κ2) is 7.43. The monoisotopic (exact) mass is 200 g/mol. The van der Waals surface area contributed by atoms with Crippen LogP contribution in [0.15, 0.2) is 30.3 Å². The van der Waals surface area contributed by atoms with Crippen LogP contribution in [0.4, 0.5) is 5.69 Å². The van der Waals surface area contributed by atoms with Gasteiger partial charge < -0.3 is 11.1 Å². The molecule has 1 amide bonds. The number of para-hydroxylation sites is 1. The van der Waals surface area contributed by atoms with Crippen LogP contribution in [0.3, 0.4) is 0 Å². The van der Waals surface area contributed by atoms with E-state index >= 15 is 0 Å². The lowest BCUT2D eigenvalue weighted by atomic mass is 10.3. The van der Waals surface area contributed by atoms with Crippen molar-refractivity contribution in [1.82, 2.24) is 0 Å². The Bertz CT molecular complexity index is 239. The van der Waals surface area contributed by atoms with E-state index in [1.54, 1.807) is 0 Å². The van der Waals surface area contributed by atoms with Gasteiger partial charge in [-0.05, 0) is 12.1 Å². The highest BCUT2D eigenvalue weighted by molar-refractivity contribution is 6.27. The average Bonchev–Trinajstić information content (AvgIpc) is 2.20. The Morgan fingerprint density at radius 1 is 1.46 bits per heavy atom. The fraction of sp³-hybridized carbons (Fsp3) is 0.222. The molecule has 1 aromatic rings. The summed E-state index contributed by atoms with van der Waals surface area (Å²) in [5.74, 6) is -0.563. The summed E-state index contributed by atoms with van der Waals surface area (Å²) in [6, 6.07) is 10.1. The predicted molar refractivity (Wildman–Crippen MR) is 55.9 cm³/mol. The first-order valence-corrected chi connectivity index (χ1v) is 4.31. The molecule has 0 atom stereocenters. The molecule has 3 nitrogen and oxygen atoms in total. The Hall–Kier alpha value is -1.22. The molecular weight excluding hydrogens is 188 g/mol. The third-order valence-corrected chi connectivity index (χ3v) is 1.46. The van der Waals surface area contributed by atoms with Gasteiger partial charge in [0.2, 0.25) is 5.91 Å². The van der Waals surface area contributed by atoms with Gasteiger partial charge in [-0.3, -0.25) is 4.79 Å². The van der Waals surface area contributed by atoms with Crippen LogP contribution in [0.5, 0.6) is 0 Å². The number of carbonyl (C=O) groups excluding carboxylic acids is 1. The van der Waals surface area contributed by atoms with E-state index in [4.69, 9.17) is 11.6 Å². The molecule has 1 aromatic carbocycles. The topological polar surface area (TPSA) is 55.1 Å². The number of amides is 1. The van der Waals surface area contributed by atoms with Crippen molar-refractivity contribution in [1.29, 1.82) is 0 Å². The van der Waals surface area contributed by atoms with Crippen LogP contribution in [0.25, 0.3) is 0 Å². The van der Waals surface area contributed by atoms with E-state index in [0.29, 0.717) is 0 Å². The Kier molecular flexibility index (Phi) is 6.73. The van der Waals surface area contributed by atoms with Crippen LogP contribution in [-0.4, -0.2) is 18.8 Å². The van der Waals surface area contributed by atoms with Gasteiger partial charge >= 0.3 is 0 Å². The van der Waals surface area contributed by atoms with Crippen molar-refractivity contribution in [2.75, 3.05) is 18.2 Å². The summed E-state index contributed by atoms with van der Waals surface area (Å²) in [6.45, 7) is 0. The summed E-state index contributed by atoms with van der Waals surface area (Å²) in [5.41, 5.74) is 5.68. The van der Waals surface area contributed by atoms with Crippen LogP contribution in [-0.2, 0) is 4.79 Å². The minimum Gasteiger partial charge on any atom is -0.388 e. The van der Waals surface area contributed by atoms with Crippen molar-refractivity contribution in [3.8, 4) is 0 Å². The molecule has 0 bridgehead atoms. The maximum atomic E-state index is 9.46. The Morgan fingerprint density at radius 2 is 1.92 bits per heavy atom. The van der Waals surface area contributed by atoms with Crippen molar-refractivity contribution >= 4 is 23.2 Å². The van der Waals surface area contributed by atoms with Crippen LogP contribution < -0.4 is 11.1 Å². The van der Waals surface area contributed by atoms with Crippen molar-refractivity contribution in [2.24, 2.45) is 5.73 Å². The number of benzene rings is 1. The summed E-state index contributed by atoms with van der Waals surface area (Å²) in [6.07, 6.45) is 0. The number of nitrogens with one attached hydrogen (secondary N) is 1. The molecule has 72 valence electrons. The molecule has 0 aromatic heterocycles. The summed E-state index contributed by atoms with van der Waals surface area (Å²) >= 11 is 4.86. The molecule has 4 heteroatoms. The number of carbonyl (C=O) groups is 1. The summed E-state index contributed by atoms with van der Waals surface area (Å²) in [7, 11) is 1.91. The number of halogens is 1. The van der Waals surface area contributed by atoms with Crippen LogP contribution in [0.2, 0.25) is 0 Å². The molecule has 0 unspecified atom stereocenters. The highest BCUT2D eigenvalue weighted by Gasteiger charge is 1.80. The fourth-order valence-electron chi connectivity index (χ4n) is 0.605. The molecule has 0 heterocycles. The van der Waals surface area contributed by atoms with Gasteiger partial charge in [0.15, 0.2) is 0 Å². The molecule has 0 aliphatic rings. The molecule has 0 radical (unpaired) electrons. The zero-order chi connectivity index (χ0) is 10.1. The average molecular weight is 201 g/mol. The molecule has 3 N–H and O–H groups in total. The highest BCUT2D eigenvalue weighted by Crippen LogP contribution is 2.01. The first-order valence-electron chi connectivity index (χ1n) is 3.77. The maximum Gasteiger partial charge on any atom is 0.232 e. The number of rotatable bonds is 2. The van der Waals surface area contributed by atoms with Gasteiger partial charge in [-0.2, -0.15) is 0 Å². The van der Waals surface area contributed by atoms with Crippen molar-refractivity contribution < 1.29 is 4.79 Å². The Balaban J connectivity index is 0.000000252. The van der Waals surface area contributed by atoms with Crippen molar-refractivity contribution in [3.63, 3.8) is 0 Å². The van der Waals surface area contributed by atoms with Gasteiger partial charge in [-0.25, -0.2) is 0 Å². The predicted octanol–water partition coefficient (Wildman–Crippen LogP) is 1.44. The first kappa shape index (κ1) is 11.8. The van der Waals surface area contributed by atoms with E-state index < -0.39 is 5.91 Å². The molecule has 13 heavy (non-hydrogen) atoms. The van der Waals surface area contributed by atoms with E-state index in [2.05, 4.69) is 11.1 Å². The second-order valence-electron chi connectivity index (χ2n) is 2.22. The second-order valence-corrected chi connectivity index (χ2v) is 2.48. The van der Waals surface area contributed by atoms with E-state index in [0.717, 1.165) is 5.69 Å². The van der Waals surface area contributed by atoms with E-state index in [-0.39, 0.29) is 5.88 Å². The Morgan fingerprint density at radius 3 is 2.15 bits per heavy atom. The fourth-order valence-corrected chi connectivity index (χ4v) is 0.605. The SMILES string of the molecule is CNc1ccccc1.NC(=O)CCl. The third-order valence-electron chi connectivity index (χ3n) is 1.19. The summed E-state index contributed by atoms with van der Waals surface area (Å²) < 4.78 is 0. The molecule has 0 saturated carbocycles. The number of alkyl halides is 1. The smallest absolute Gasteiger partial charge is 0.232 e. The highest BCUT2D eigenvalue weighted by atomic mass is 35.5. The summed E-state index contributed by atoms with van der Waals surface area (Å²) in [5, 5.41) is 3.03. The lowest BCUT2D eigenvalue weighted by Gasteiger charge is -1.94. The minimum absolute atomic E-state index is 0.0833. The lowest BCUT2D eigenvalue weighted by molar-refractivity contribution is -0.115. The van der Waals surface area contributed by atoms with E-state index in [1.165, 1.54) is 0 Å². The number of nitrogens with two attached hydrogens (primary N) is 1. The molecule has 0 spiro atoms. The molecule has 0 saturated heterocycles. The zero-order valence-electron chi connectivity index (χ0n) is 7.46. The van der Waals surface area contributed by atoms with Gasteiger partial charge in [0.1, 0.15) is 5.88 Å². The minimum atomic E-state index is -0.480. The summed E-state index contributed by atoms with van der Waals surface area (Å²) in [4.78, 5) is 9.46. The molecule has 0 fully saturated rings.